The lowest BCUT2D eigenvalue weighted by Crippen LogP contribution is -1.79. The van der Waals surface area contributed by atoms with Crippen LogP contribution in [0.4, 0.5) is 0 Å². The van der Waals surface area contributed by atoms with Gasteiger partial charge in [0.05, 0.1) is 11.3 Å². The van der Waals surface area contributed by atoms with Gasteiger partial charge in [0.1, 0.15) is 5.75 Å². The first-order valence-corrected chi connectivity index (χ1v) is 6.58. The molecule has 0 radical (unpaired) electrons. The molecule has 0 N–H and O–H groups in total. The van der Waals surface area contributed by atoms with Gasteiger partial charge in [0.15, 0.2) is 0 Å². The lowest BCUT2D eigenvalue weighted by Gasteiger charge is -1.98. The third-order valence-corrected chi connectivity index (χ3v) is 5.06. The standard InChI is InChI=1S/C10H10OS3/c1-11-6-3-4-7-8(5-6)14-10(13-2)9(7)12/h3-5,12H,1-2H3. The number of thioether (sulfide) groups is 1. The molecule has 1 aromatic carbocycles. The van der Waals surface area contributed by atoms with Crippen LogP contribution in [0.1, 0.15) is 0 Å². The molecule has 0 aliphatic rings. The molecule has 2 rings (SSSR count). The van der Waals surface area contributed by atoms with Crippen LogP contribution in [-0.4, -0.2) is 13.4 Å². The summed E-state index contributed by atoms with van der Waals surface area (Å²) in [6, 6.07) is 6.09. The van der Waals surface area contributed by atoms with Crippen LogP contribution in [0.25, 0.3) is 10.1 Å². The molecule has 0 saturated heterocycles. The molecule has 0 amide bonds. The third-order valence-electron chi connectivity index (χ3n) is 2.03. The summed E-state index contributed by atoms with van der Waals surface area (Å²) in [5.41, 5.74) is 0. The van der Waals surface area contributed by atoms with Crippen molar-refractivity contribution in [2.75, 3.05) is 13.4 Å². The number of benzene rings is 1. The van der Waals surface area contributed by atoms with Crippen molar-refractivity contribution >= 4 is 45.8 Å². The van der Waals surface area contributed by atoms with Crippen LogP contribution in [0.15, 0.2) is 27.3 Å². The molecule has 0 bridgehead atoms. The second-order valence-corrected chi connectivity index (χ2v) is 5.38. The van der Waals surface area contributed by atoms with Crippen molar-refractivity contribution in [1.29, 1.82) is 0 Å². The average Bonchev–Trinajstić information content (AvgIpc) is 2.55. The van der Waals surface area contributed by atoms with E-state index in [1.165, 1.54) is 14.3 Å². The molecule has 4 heteroatoms. The normalized spacial score (nSPS) is 10.8. The van der Waals surface area contributed by atoms with E-state index in [1.807, 2.05) is 6.07 Å². The number of fused-ring (bicyclic) bond motifs is 1. The Labute approximate surface area is 96.9 Å². The minimum Gasteiger partial charge on any atom is -0.497 e. The Morgan fingerprint density at radius 3 is 2.86 bits per heavy atom. The number of hydrogen-bond acceptors (Lipinski definition) is 4. The lowest BCUT2D eigenvalue weighted by molar-refractivity contribution is 0.415. The first kappa shape index (κ1) is 10.2. The highest BCUT2D eigenvalue weighted by molar-refractivity contribution is 8.01. The zero-order valence-electron chi connectivity index (χ0n) is 7.90. The van der Waals surface area contributed by atoms with Gasteiger partial charge in [-0.3, -0.25) is 0 Å². The molecule has 74 valence electrons. The minimum absolute atomic E-state index is 0.903. The number of thiophene rings is 1. The van der Waals surface area contributed by atoms with Gasteiger partial charge in [-0.2, -0.15) is 0 Å². The van der Waals surface area contributed by atoms with E-state index in [2.05, 4.69) is 31.0 Å². The quantitative estimate of drug-likeness (QED) is 0.631. The topological polar surface area (TPSA) is 9.23 Å². The zero-order valence-corrected chi connectivity index (χ0v) is 10.4. The Hall–Kier alpha value is -0.320. The van der Waals surface area contributed by atoms with Crippen LogP contribution < -0.4 is 4.74 Å². The molecule has 1 heterocycles. The molecule has 0 saturated carbocycles. The van der Waals surface area contributed by atoms with Crippen molar-refractivity contribution in [3.63, 3.8) is 0 Å². The Kier molecular flexibility index (Phi) is 2.95. The van der Waals surface area contributed by atoms with Gasteiger partial charge in [-0.15, -0.1) is 35.7 Å². The van der Waals surface area contributed by atoms with E-state index in [0.29, 0.717) is 0 Å². The fourth-order valence-electron chi connectivity index (χ4n) is 1.31. The van der Waals surface area contributed by atoms with Crippen molar-refractivity contribution < 1.29 is 4.74 Å². The van der Waals surface area contributed by atoms with Crippen LogP contribution in [-0.2, 0) is 0 Å². The largest absolute Gasteiger partial charge is 0.497 e. The summed E-state index contributed by atoms with van der Waals surface area (Å²) in [5.74, 6) is 0.903. The Morgan fingerprint density at radius 1 is 1.43 bits per heavy atom. The Morgan fingerprint density at radius 2 is 2.21 bits per heavy atom. The predicted octanol–water partition coefficient (Wildman–Crippen LogP) is 3.92. The highest BCUT2D eigenvalue weighted by Gasteiger charge is 2.08. The Bertz CT molecular complexity index is 462. The van der Waals surface area contributed by atoms with E-state index < -0.39 is 0 Å². The van der Waals surface area contributed by atoms with Crippen LogP contribution in [0.2, 0.25) is 0 Å². The molecular formula is C10H10OS3. The van der Waals surface area contributed by atoms with E-state index in [4.69, 9.17) is 4.74 Å². The van der Waals surface area contributed by atoms with Crippen molar-refractivity contribution in [1.82, 2.24) is 0 Å². The zero-order chi connectivity index (χ0) is 10.1. The SMILES string of the molecule is COc1ccc2c(S)c(SC)sc2c1. The van der Waals surface area contributed by atoms with Crippen molar-refractivity contribution in [2.45, 2.75) is 9.10 Å². The molecule has 2 aromatic rings. The molecule has 0 atom stereocenters. The maximum absolute atomic E-state index is 5.18. The molecule has 14 heavy (non-hydrogen) atoms. The van der Waals surface area contributed by atoms with Crippen molar-refractivity contribution in [3.8, 4) is 5.75 Å². The fourth-order valence-corrected chi connectivity index (χ4v) is 3.76. The average molecular weight is 242 g/mol. The predicted molar refractivity (Wildman–Crippen MR) is 67.4 cm³/mol. The second kappa shape index (κ2) is 4.04. The summed E-state index contributed by atoms with van der Waals surface area (Å²) in [6.07, 6.45) is 2.07. The van der Waals surface area contributed by atoms with Gasteiger partial charge < -0.3 is 4.74 Å². The molecule has 0 spiro atoms. The summed E-state index contributed by atoms with van der Waals surface area (Å²) in [6.45, 7) is 0. The molecule has 0 unspecified atom stereocenters. The van der Waals surface area contributed by atoms with Gasteiger partial charge in [-0.25, -0.2) is 0 Å². The minimum atomic E-state index is 0.903. The number of ether oxygens (including phenoxy) is 1. The van der Waals surface area contributed by atoms with E-state index in [0.717, 1.165) is 10.6 Å². The van der Waals surface area contributed by atoms with Gasteiger partial charge in [0.2, 0.25) is 0 Å². The summed E-state index contributed by atoms with van der Waals surface area (Å²) >= 11 is 8.00. The number of methoxy groups -OCH3 is 1. The van der Waals surface area contributed by atoms with Gasteiger partial charge in [-0.05, 0) is 24.5 Å². The third kappa shape index (κ3) is 1.62. The van der Waals surface area contributed by atoms with Gasteiger partial charge in [0.25, 0.3) is 0 Å². The van der Waals surface area contributed by atoms with Crippen molar-refractivity contribution in [2.24, 2.45) is 0 Å². The van der Waals surface area contributed by atoms with E-state index in [1.54, 1.807) is 30.2 Å². The maximum Gasteiger partial charge on any atom is 0.120 e. The van der Waals surface area contributed by atoms with Crippen LogP contribution in [0, 0.1) is 0 Å². The number of hydrogen-bond donors (Lipinski definition) is 1. The van der Waals surface area contributed by atoms with Crippen LogP contribution >= 0.6 is 35.7 Å². The number of rotatable bonds is 2. The molecular weight excluding hydrogens is 232 g/mol. The fraction of sp³-hybridized carbons (Fsp3) is 0.200. The van der Waals surface area contributed by atoms with E-state index in [9.17, 15) is 0 Å². The first-order chi connectivity index (χ1) is 6.76. The molecule has 0 aliphatic heterocycles. The van der Waals surface area contributed by atoms with Crippen LogP contribution in [0.5, 0.6) is 5.75 Å². The molecule has 0 fully saturated rings. The smallest absolute Gasteiger partial charge is 0.120 e. The lowest BCUT2D eigenvalue weighted by atomic mass is 10.2. The highest BCUT2D eigenvalue weighted by Crippen LogP contribution is 2.40. The summed E-state index contributed by atoms with van der Waals surface area (Å²) in [5, 5.41) is 1.21. The maximum atomic E-state index is 5.18. The first-order valence-electron chi connectivity index (χ1n) is 4.09. The Balaban J connectivity index is 2.66. The van der Waals surface area contributed by atoms with E-state index >= 15 is 0 Å². The van der Waals surface area contributed by atoms with Gasteiger partial charge in [-0.1, -0.05) is 0 Å². The molecule has 1 nitrogen and oxygen atoms in total. The summed E-state index contributed by atoms with van der Waals surface area (Å²) in [7, 11) is 1.69. The summed E-state index contributed by atoms with van der Waals surface area (Å²) in [4.78, 5) is 1.08. The molecule has 0 aliphatic carbocycles. The van der Waals surface area contributed by atoms with Crippen LogP contribution in [0.3, 0.4) is 0 Å². The van der Waals surface area contributed by atoms with Gasteiger partial charge in [0, 0.05) is 15.0 Å². The van der Waals surface area contributed by atoms with Crippen molar-refractivity contribution in [3.05, 3.63) is 18.2 Å². The summed E-state index contributed by atoms with van der Waals surface area (Å²) < 4.78 is 7.68. The molecule has 1 aromatic heterocycles. The van der Waals surface area contributed by atoms with Gasteiger partial charge >= 0.3 is 0 Å². The highest BCUT2D eigenvalue weighted by atomic mass is 32.2. The number of thiol groups is 1. The second-order valence-electron chi connectivity index (χ2n) is 2.80. The monoisotopic (exact) mass is 242 g/mol. The van der Waals surface area contributed by atoms with E-state index in [-0.39, 0.29) is 0 Å².